The van der Waals surface area contributed by atoms with Gasteiger partial charge in [0.25, 0.3) is 0 Å². The molecule has 0 spiro atoms. The standard InChI is InChI=1S/C17H17N3S2.C2HF3O2/c18-15-14-12-8-4-5-9-13(12)22-16(14)20-17(19-15)21-10-11-6-2-1-3-7-11;3-2(4,5)1(6)7/h1-3,6-7H,4-5,8-10H2,(H2,18,19,20);(H,6,7). The maximum Gasteiger partial charge on any atom is 0.490 e. The van der Waals surface area contributed by atoms with Crippen LogP contribution in [0.25, 0.3) is 10.2 Å². The Balaban J connectivity index is 0.000000298. The Kier molecular flexibility index (Phi) is 6.63. The van der Waals surface area contributed by atoms with Crippen LogP contribution in [-0.4, -0.2) is 27.2 Å². The van der Waals surface area contributed by atoms with E-state index in [0.29, 0.717) is 5.82 Å². The van der Waals surface area contributed by atoms with E-state index in [1.807, 2.05) is 6.07 Å². The lowest BCUT2D eigenvalue weighted by Gasteiger charge is -2.10. The van der Waals surface area contributed by atoms with E-state index in [9.17, 15) is 13.2 Å². The van der Waals surface area contributed by atoms with Gasteiger partial charge >= 0.3 is 12.1 Å². The van der Waals surface area contributed by atoms with Crippen molar-refractivity contribution in [3.05, 3.63) is 46.3 Å². The smallest absolute Gasteiger partial charge is 0.475 e. The third-order valence-corrected chi connectivity index (χ3v) is 6.38. The Morgan fingerprint density at radius 1 is 1.17 bits per heavy atom. The number of nitrogen functional groups attached to an aromatic ring is 1. The lowest BCUT2D eigenvalue weighted by molar-refractivity contribution is -0.192. The van der Waals surface area contributed by atoms with Crippen molar-refractivity contribution >= 4 is 45.1 Å². The molecule has 0 atom stereocenters. The van der Waals surface area contributed by atoms with Gasteiger partial charge in [0.1, 0.15) is 10.6 Å². The minimum Gasteiger partial charge on any atom is -0.475 e. The fourth-order valence-corrected chi connectivity index (χ4v) is 5.09. The Morgan fingerprint density at radius 3 is 2.48 bits per heavy atom. The molecule has 3 N–H and O–H groups in total. The van der Waals surface area contributed by atoms with Crippen molar-refractivity contribution in [2.75, 3.05) is 5.73 Å². The largest absolute Gasteiger partial charge is 0.490 e. The zero-order valence-corrected chi connectivity index (χ0v) is 16.8. The van der Waals surface area contributed by atoms with Gasteiger partial charge in [-0.25, -0.2) is 14.8 Å². The second-order valence-electron chi connectivity index (χ2n) is 6.36. The number of halogens is 3. The van der Waals surface area contributed by atoms with Crippen LogP contribution in [-0.2, 0) is 23.4 Å². The molecular weight excluding hydrogens is 423 g/mol. The summed E-state index contributed by atoms with van der Waals surface area (Å²) in [5.41, 5.74) is 8.92. The van der Waals surface area contributed by atoms with Crippen LogP contribution in [0.4, 0.5) is 19.0 Å². The number of thioether (sulfide) groups is 1. The van der Waals surface area contributed by atoms with Crippen LogP contribution >= 0.6 is 23.1 Å². The second-order valence-corrected chi connectivity index (χ2v) is 8.39. The number of aliphatic carboxylic acids is 1. The number of hydrogen-bond donors (Lipinski definition) is 2. The van der Waals surface area contributed by atoms with Crippen molar-refractivity contribution in [2.24, 2.45) is 0 Å². The van der Waals surface area contributed by atoms with Crippen molar-refractivity contribution in [2.45, 2.75) is 42.8 Å². The van der Waals surface area contributed by atoms with Gasteiger partial charge in [-0.3, -0.25) is 0 Å². The average Bonchev–Trinajstić information content (AvgIpc) is 3.06. The highest BCUT2D eigenvalue weighted by Crippen LogP contribution is 2.38. The summed E-state index contributed by atoms with van der Waals surface area (Å²) in [6.45, 7) is 0. The molecule has 0 fully saturated rings. The highest BCUT2D eigenvalue weighted by molar-refractivity contribution is 7.98. The lowest BCUT2D eigenvalue weighted by Crippen LogP contribution is -2.21. The van der Waals surface area contributed by atoms with Crippen molar-refractivity contribution in [1.29, 1.82) is 0 Å². The summed E-state index contributed by atoms with van der Waals surface area (Å²) in [5.74, 6) is -1.23. The van der Waals surface area contributed by atoms with Gasteiger partial charge in [0.05, 0.1) is 5.39 Å². The van der Waals surface area contributed by atoms with Crippen molar-refractivity contribution in [1.82, 2.24) is 9.97 Å². The van der Waals surface area contributed by atoms with Gasteiger partial charge in [0.15, 0.2) is 5.16 Å². The predicted molar refractivity (Wildman–Crippen MR) is 108 cm³/mol. The van der Waals surface area contributed by atoms with Crippen LogP contribution in [0.5, 0.6) is 0 Å². The summed E-state index contributed by atoms with van der Waals surface area (Å²) >= 11 is 3.46. The number of anilines is 1. The number of carbonyl (C=O) groups is 1. The molecule has 2 heterocycles. The molecule has 4 rings (SSSR count). The van der Waals surface area contributed by atoms with Crippen LogP contribution in [0.2, 0.25) is 0 Å². The molecule has 3 aromatic rings. The number of nitrogens with zero attached hydrogens (tertiary/aromatic N) is 2. The third-order valence-electron chi connectivity index (χ3n) is 4.28. The molecule has 154 valence electrons. The summed E-state index contributed by atoms with van der Waals surface area (Å²) in [7, 11) is 0. The predicted octanol–water partition coefficient (Wildman–Crippen LogP) is 5.08. The number of nitrogens with two attached hydrogens (primary N) is 1. The number of thiophene rings is 1. The zero-order chi connectivity index (χ0) is 21.0. The minimum atomic E-state index is -5.08. The number of carboxylic acids is 1. The summed E-state index contributed by atoms with van der Waals surface area (Å²) in [6, 6.07) is 10.4. The molecular formula is C19H18F3N3O2S2. The van der Waals surface area contributed by atoms with Crippen LogP contribution in [0.15, 0.2) is 35.5 Å². The number of alkyl halides is 3. The normalized spacial score (nSPS) is 13.5. The molecule has 0 aliphatic heterocycles. The maximum atomic E-state index is 10.6. The Bertz CT molecular complexity index is 1010. The number of carboxylic acid groups (broad SMARTS) is 1. The van der Waals surface area contributed by atoms with Crippen molar-refractivity contribution in [3.8, 4) is 0 Å². The molecule has 0 unspecified atom stereocenters. The van der Waals surface area contributed by atoms with Gasteiger partial charge < -0.3 is 10.8 Å². The number of rotatable bonds is 3. The average molecular weight is 442 g/mol. The van der Waals surface area contributed by atoms with Crippen LogP contribution in [0.1, 0.15) is 28.8 Å². The van der Waals surface area contributed by atoms with Crippen molar-refractivity contribution < 1.29 is 23.1 Å². The zero-order valence-electron chi connectivity index (χ0n) is 15.2. The van der Waals surface area contributed by atoms with E-state index in [2.05, 4.69) is 29.2 Å². The van der Waals surface area contributed by atoms with E-state index in [1.165, 1.54) is 35.3 Å². The van der Waals surface area contributed by atoms with E-state index in [1.54, 1.807) is 23.1 Å². The Hall–Kier alpha value is -2.33. The molecule has 2 aromatic heterocycles. The maximum absolute atomic E-state index is 10.6. The highest BCUT2D eigenvalue weighted by Gasteiger charge is 2.38. The first-order valence-corrected chi connectivity index (χ1v) is 10.6. The van der Waals surface area contributed by atoms with E-state index >= 15 is 0 Å². The minimum absolute atomic E-state index is 0.653. The SMILES string of the molecule is Nc1nc(SCc2ccccc2)nc2sc3c(c12)CCCC3.O=C(O)C(F)(F)F. The number of fused-ring (bicyclic) bond motifs is 3. The molecule has 29 heavy (non-hydrogen) atoms. The second kappa shape index (κ2) is 9.00. The van der Waals surface area contributed by atoms with Gasteiger partial charge in [0, 0.05) is 10.6 Å². The summed E-state index contributed by atoms with van der Waals surface area (Å²) in [6.07, 6.45) is -0.257. The molecule has 0 bridgehead atoms. The number of aromatic nitrogens is 2. The van der Waals surface area contributed by atoms with Gasteiger partial charge in [-0.05, 0) is 36.8 Å². The first-order valence-electron chi connectivity index (χ1n) is 8.80. The molecule has 0 radical (unpaired) electrons. The van der Waals surface area contributed by atoms with Gasteiger partial charge in [0.2, 0.25) is 0 Å². The van der Waals surface area contributed by atoms with Gasteiger partial charge in [-0.1, -0.05) is 42.1 Å². The fraction of sp³-hybridized carbons (Fsp3) is 0.316. The number of benzene rings is 1. The Labute approximate surface area is 173 Å². The van der Waals surface area contributed by atoms with Crippen LogP contribution < -0.4 is 5.73 Å². The first kappa shape index (κ1) is 21.4. The summed E-state index contributed by atoms with van der Waals surface area (Å²) in [5, 5.41) is 9.02. The highest BCUT2D eigenvalue weighted by atomic mass is 32.2. The molecule has 5 nitrogen and oxygen atoms in total. The lowest BCUT2D eigenvalue weighted by atomic mass is 9.97. The van der Waals surface area contributed by atoms with E-state index < -0.39 is 12.1 Å². The van der Waals surface area contributed by atoms with E-state index in [-0.39, 0.29) is 0 Å². The van der Waals surface area contributed by atoms with Crippen LogP contribution in [0, 0.1) is 0 Å². The van der Waals surface area contributed by atoms with E-state index in [0.717, 1.165) is 27.5 Å². The van der Waals surface area contributed by atoms with Gasteiger partial charge in [-0.15, -0.1) is 11.3 Å². The number of aryl methyl sites for hydroxylation is 2. The quantitative estimate of drug-likeness (QED) is 0.435. The Morgan fingerprint density at radius 2 is 1.83 bits per heavy atom. The van der Waals surface area contributed by atoms with Gasteiger partial charge in [-0.2, -0.15) is 13.2 Å². The monoisotopic (exact) mass is 441 g/mol. The van der Waals surface area contributed by atoms with E-state index in [4.69, 9.17) is 20.6 Å². The molecule has 10 heteroatoms. The first-order chi connectivity index (χ1) is 13.8. The molecule has 1 aliphatic rings. The van der Waals surface area contributed by atoms with Crippen LogP contribution in [0.3, 0.4) is 0 Å². The topological polar surface area (TPSA) is 89.1 Å². The summed E-state index contributed by atoms with van der Waals surface area (Å²) < 4.78 is 31.7. The summed E-state index contributed by atoms with van der Waals surface area (Å²) in [4.78, 5) is 20.7. The molecule has 1 aliphatic carbocycles. The molecule has 1 aromatic carbocycles. The fourth-order valence-electron chi connectivity index (χ4n) is 2.95. The molecule has 0 saturated carbocycles. The molecule has 0 amide bonds. The molecule has 0 saturated heterocycles. The van der Waals surface area contributed by atoms with Crippen molar-refractivity contribution in [3.63, 3.8) is 0 Å². The third kappa shape index (κ3) is 5.39. The number of hydrogen-bond acceptors (Lipinski definition) is 6.